The fraction of sp³-hybridized carbons (Fsp3) is 0.409. The van der Waals surface area contributed by atoms with Crippen molar-refractivity contribution in [2.24, 2.45) is 11.3 Å². The average molecular weight is 438 g/mol. The van der Waals surface area contributed by atoms with Crippen molar-refractivity contribution in [2.45, 2.75) is 39.3 Å². The second kappa shape index (κ2) is 7.12. The highest BCUT2D eigenvalue weighted by molar-refractivity contribution is 6.36. The summed E-state index contributed by atoms with van der Waals surface area (Å²) in [6, 6.07) is 11.8. The molecule has 2 saturated heterocycles. The Morgan fingerprint density at radius 2 is 1.79 bits per heavy atom. The zero-order valence-electron chi connectivity index (χ0n) is 16.1. The third kappa shape index (κ3) is 3.08. The van der Waals surface area contributed by atoms with Crippen molar-refractivity contribution in [1.29, 1.82) is 0 Å². The molecule has 2 heterocycles. The lowest BCUT2D eigenvalue weighted by Gasteiger charge is -2.49. The second-order valence-electron chi connectivity index (χ2n) is 8.20. The molecule has 0 spiro atoms. The largest absolute Gasteiger partial charge is 0.363 e. The minimum absolute atomic E-state index is 0.00282. The highest BCUT2D eigenvalue weighted by Crippen LogP contribution is 2.53. The monoisotopic (exact) mass is 436 g/mol. The molecule has 28 heavy (non-hydrogen) atoms. The maximum Gasteiger partial charge on any atom is 0.226 e. The molecule has 0 radical (unpaired) electrons. The normalized spacial score (nSPS) is 29.6. The lowest BCUT2D eigenvalue weighted by atomic mass is 9.66. The Balaban J connectivity index is 1.87. The first-order valence-corrected chi connectivity index (χ1v) is 10.6. The van der Waals surface area contributed by atoms with E-state index in [9.17, 15) is 4.79 Å². The summed E-state index contributed by atoms with van der Waals surface area (Å²) in [5, 5.41) is 5.15. The van der Waals surface area contributed by atoms with E-state index in [1.807, 2.05) is 31.2 Å². The van der Waals surface area contributed by atoms with Gasteiger partial charge in [0.1, 0.15) is 0 Å². The molecule has 0 bridgehead atoms. The molecule has 2 aliphatic rings. The maximum atomic E-state index is 12.8. The van der Waals surface area contributed by atoms with Crippen LogP contribution in [-0.2, 0) is 4.79 Å². The van der Waals surface area contributed by atoms with Gasteiger partial charge in [-0.25, -0.2) is 0 Å². The van der Waals surface area contributed by atoms with E-state index in [-0.39, 0.29) is 23.9 Å². The summed E-state index contributed by atoms with van der Waals surface area (Å²) in [5.74, 6) is 0.254. The van der Waals surface area contributed by atoms with Crippen LogP contribution in [-0.4, -0.2) is 18.5 Å². The Labute approximate surface area is 181 Å². The van der Waals surface area contributed by atoms with E-state index < -0.39 is 5.41 Å². The lowest BCUT2D eigenvalue weighted by Crippen LogP contribution is -2.50. The standard InChI is InChI=1S/C22H23Cl3N2O/c1-12-10-18(17(25)11-16(12)24)27-9-8-22(3)19(13(2)26-21(22)28)20(27)14-4-6-15(23)7-5-14/h4-7,10-11,13,19-20H,8-9H2,1-3H3,(H,26,28). The number of carbonyl (C=O) groups is 1. The molecule has 148 valence electrons. The average Bonchev–Trinajstić information content (AvgIpc) is 2.87. The van der Waals surface area contributed by atoms with E-state index in [0.717, 1.165) is 29.8 Å². The van der Waals surface area contributed by atoms with Gasteiger partial charge in [0, 0.05) is 28.5 Å². The lowest BCUT2D eigenvalue weighted by molar-refractivity contribution is -0.129. The van der Waals surface area contributed by atoms with E-state index in [1.165, 1.54) is 0 Å². The number of benzene rings is 2. The van der Waals surface area contributed by atoms with Gasteiger partial charge in [-0.3, -0.25) is 4.79 Å². The Kier molecular flexibility index (Phi) is 5.06. The number of amides is 1. The van der Waals surface area contributed by atoms with Gasteiger partial charge >= 0.3 is 0 Å². The van der Waals surface area contributed by atoms with E-state index in [2.05, 4.69) is 36.2 Å². The fourth-order valence-corrected chi connectivity index (χ4v) is 5.55. The minimum Gasteiger partial charge on any atom is -0.363 e. The number of carbonyl (C=O) groups excluding carboxylic acids is 1. The number of aryl methyl sites for hydroxylation is 1. The third-order valence-corrected chi connectivity index (χ3v) is 7.41. The van der Waals surface area contributed by atoms with Crippen LogP contribution in [0.25, 0.3) is 0 Å². The molecule has 2 aliphatic heterocycles. The second-order valence-corrected chi connectivity index (χ2v) is 9.45. The van der Waals surface area contributed by atoms with Gasteiger partial charge in [0.15, 0.2) is 0 Å². The molecule has 0 aliphatic carbocycles. The van der Waals surface area contributed by atoms with Crippen LogP contribution in [0.2, 0.25) is 15.1 Å². The summed E-state index contributed by atoms with van der Waals surface area (Å²) in [5.41, 5.74) is 2.66. The Bertz CT molecular complexity index is 930. The van der Waals surface area contributed by atoms with E-state index >= 15 is 0 Å². The number of nitrogens with one attached hydrogen (secondary N) is 1. The van der Waals surface area contributed by atoms with Crippen molar-refractivity contribution in [3.8, 4) is 0 Å². The van der Waals surface area contributed by atoms with Crippen LogP contribution in [0.15, 0.2) is 36.4 Å². The summed E-state index contributed by atoms with van der Waals surface area (Å²) in [4.78, 5) is 15.1. The molecule has 3 nitrogen and oxygen atoms in total. The molecule has 2 fully saturated rings. The molecule has 1 amide bonds. The number of hydrogen-bond acceptors (Lipinski definition) is 2. The van der Waals surface area contributed by atoms with Crippen molar-refractivity contribution < 1.29 is 4.79 Å². The molecule has 0 aromatic heterocycles. The van der Waals surface area contributed by atoms with Crippen LogP contribution < -0.4 is 10.2 Å². The van der Waals surface area contributed by atoms with Crippen LogP contribution in [0.1, 0.15) is 37.4 Å². The Morgan fingerprint density at radius 1 is 1.11 bits per heavy atom. The summed E-state index contributed by atoms with van der Waals surface area (Å²) >= 11 is 19.0. The summed E-state index contributed by atoms with van der Waals surface area (Å²) in [7, 11) is 0. The first-order valence-electron chi connectivity index (χ1n) is 9.51. The van der Waals surface area contributed by atoms with Gasteiger partial charge in [-0.15, -0.1) is 0 Å². The van der Waals surface area contributed by atoms with Crippen LogP contribution in [0.4, 0.5) is 5.69 Å². The van der Waals surface area contributed by atoms with Crippen molar-refractivity contribution in [3.05, 3.63) is 62.6 Å². The number of nitrogens with zero attached hydrogens (tertiary/aromatic N) is 1. The van der Waals surface area contributed by atoms with Gasteiger partial charge in [0.2, 0.25) is 5.91 Å². The van der Waals surface area contributed by atoms with E-state index in [0.29, 0.717) is 15.1 Å². The van der Waals surface area contributed by atoms with Crippen LogP contribution in [0, 0.1) is 18.3 Å². The Morgan fingerprint density at radius 3 is 2.46 bits per heavy atom. The fourth-order valence-electron chi connectivity index (χ4n) is 4.93. The smallest absolute Gasteiger partial charge is 0.226 e. The van der Waals surface area contributed by atoms with Crippen LogP contribution in [0.5, 0.6) is 0 Å². The number of fused-ring (bicyclic) bond motifs is 1. The molecule has 6 heteroatoms. The molecule has 4 unspecified atom stereocenters. The summed E-state index contributed by atoms with van der Waals surface area (Å²) < 4.78 is 0. The van der Waals surface area contributed by atoms with E-state index in [1.54, 1.807) is 0 Å². The zero-order valence-corrected chi connectivity index (χ0v) is 18.4. The molecule has 2 aromatic rings. The predicted octanol–water partition coefficient (Wildman–Crippen LogP) is 6.05. The molecular formula is C22H23Cl3N2O. The SMILES string of the molecule is Cc1cc(N2CCC3(C)C(=O)NC(C)C3C2c2ccc(Cl)cc2)c(Cl)cc1Cl. The van der Waals surface area contributed by atoms with Crippen molar-refractivity contribution >= 4 is 46.4 Å². The molecule has 4 rings (SSSR count). The topological polar surface area (TPSA) is 32.3 Å². The van der Waals surface area contributed by atoms with Gasteiger partial charge in [-0.05, 0) is 55.7 Å². The first-order chi connectivity index (χ1) is 13.2. The number of hydrogen-bond donors (Lipinski definition) is 1. The van der Waals surface area contributed by atoms with Gasteiger partial charge in [-0.1, -0.05) is 53.9 Å². The van der Waals surface area contributed by atoms with Crippen molar-refractivity contribution in [2.75, 3.05) is 11.4 Å². The summed E-state index contributed by atoms with van der Waals surface area (Å²) in [6.07, 6.45) is 0.774. The van der Waals surface area contributed by atoms with Crippen molar-refractivity contribution in [1.82, 2.24) is 5.32 Å². The van der Waals surface area contributed by atoms with Crippen LogP contribution in [0.3, 0.4) is 0 Å². The van der Waals surface area contributed by atoms with Crippen molar-refractivity contribution in [3.63, 3.8) is 0 Å². The zero-order chi connectivity index (χ0) is 20.2. The molecule has 1 N–H and O–H groups in total. The highest BCUT2D eigenvalue weighted by Gasteiger charge is 2.57. The maximum absolute atomic E-state index is 12.8. The Hall–Kier alpha value is -1.42. The van der Waals surface area contributed by atoms with Gasteiger partial charge in [0.05, 0.1) is 22.2 Å². The number of anilines is 1. The minimum atomic E-state index is -0.409. The summed E-state index contributed by atoms with van der Waals surface area (Å²) in [6.45, 7) is 6.90. The molecule has 2 aromatic carbocycles. The van der Waals surface area contributed by atoms with Crippen LogP contribution >= 0.6 is 34.8 Å². The molecule has 4 atom stereocenters. The molecule has 0 saturated carbocycles. The predicted molar refractivity (Wildman–Crippen MR) is 117 cm³/mol. The van der Waals surface area contributed by atoms with Gasteiger partial charge in [-0.2, -0.15) is 0 Å². The highest BCUT2D eigenvalue weighted by atomic mass is 35.5. The molecular weight excluding hydrogens is 415 g/mol. The van der Waals surface area contributed by atoms with Gasteiger partial charge < -0.3 is 10.2 Å². The number of rotatable bonds is 2. The van der Waals surface area contributed by atoms with E-state index in [4.69, 9.17) is 34.8 Å². The third-order valence-electron chi connectivity index (χ3n) is 6.45. The first kappa shape index (κ1) is 19.9. The number of piperidine rings is 1. The number of halogens is 3. The van der Waals surface area contributed by atoms with Gasteiger partial charge in [0.25, 0.3) is 0 Å². The quantitative estimate of drug-likeness (QED) is 0.620.